The molecule has 84 valence electrons. The monoisotopic (exact) mass is 243 g/mol. The first kappa shape index (κ1) is 10.2. The van der Waals surface area contributed by atoms with Crippen molar-refractivity contribution in [1.29, 1.82) is 0 Å². The van der Waals surface area contributed by atoms with Crippen LogP contribution in [0.4, 0.5) is 0 Å². The van der Waals surface area contributed by atoms with E-state index in [1.807, 2.05) is 31.2 Å². The number of benzene rings is 1. The van der Waals surface area contributed by atoms with E-state index in [9.17, 15) is 4.79 Å². The second-order valence-electron chi connectivity index (χ2n) is 3.70. The van der Waals surface area contributed by atoms with E-state index in [4.69, 9.17) is 0 Å². The van der Waals surface area contributed by atoms with Crippen LogP contribution in [0.3, 0.4) is 0 Å². The van der Waals surface area contributed by atoms with Crippen molar-refractivity contribution in [3.63, 3.8) is 0 Å². The maximum atomic E-state index is 11.8. The standard InChI is InChI=1S/C12H9N3OS/c1-8-6-17-12(16)11(14-8)15-7-13-9-4-2-3-5-10(9)15/h2-7H,1H3. The highest BCUT2D eigenvalue weighted by Crippen LogP contribution is 2.15. The van der Waals surface area contributed by atoms with Crippen LogP contribution >= 0.6 is 11.3 Å². The maximum absolute atomic E-state index is 11.8. The molecule has 0 aliphatic heterocycles. The largest absolute Gasteiger partial charge is 0.279 e. The van der Waals surface area contributed by atoms with E-state index in [0.29, 0.717) is 5.82 Å². The Labute approximate surface area is 101 Å². The van der Waals surface area contributed by atoms with E-state index in [1.165, 1.54) is 0 Å². The molecule has 0 aliphatic rings. The second-order valence-corrected chi connectivity index (χ2v) is 4.55. The number of imidazole rings is 1. The van der Waals surface area contributed by atoms with Crippen molar-refractivity contribution in [3.05, 3.63) is 51.2 Å². The predicted molar refractivity (Wildman–Crippen MR) is 67.7 cm³/mol. The minimum Gasteiger partial charge on any atom is -0.279 e. The SMILES string of the molecule is Cc1csc(=O)c(-n2cnc3ccccc32)n1. The van der Waals surface area contributed by atoms with Crippen LogP contribution in [0, 0.1) is 6.92 Å². The van der Waals surface area contributed by atoms with Crippen LogP contribution in [0.5, 0.6) is 0 Å². The zero-order valence-corrected chi connectivity index (χ0v) is 9.94. The van der Waals surface area contributed by atoms with Crippen molar-refractivity contribution < 1.29 is 0 Å². The van der Waals surface area contributed by atoms with Gasteiger partial charge in [-0.05, 0) is 19.1 Å². The van der Waals surface area contributed by atoms with Crippen LogP contribution in [0.15, 0.2) is 40.8 Å². The molecule has 3 rings (SSSR count). The zero-order valence-electron chi connectivity index (χ0n) is 9.12. The van der Waals surface area contributed by atoms with Crippen molar-refractivity contribution in [1.82, 2.24) is 14.5 Å². The van der Waals surface area contributed by atoms with Gasteiger partial charge in [-0.3, -0.25) is 9.36 Å². The number of rotatable bonds is 1. The molecule has 0 bridgehead atoms. The summed E-state index contributed by atoms with van der Waals surface area (Å²) in [6.07, 6.45) is 1.64. The predicted octanol–water partition coefficient (Wildman–Crippen LogP) is 2.15. The number of para-hydroxylation sites is 2. The molecule has 2 aromatic heterocycles. The number of aromatic nitrogens is 3. The Morgan fingerprint density at radius 2 is 2.12 bits per heavy atom. The third kappa shape index (κ3) is 1.64. The molecule has 0 unspecified atom stereocenters. The number of aryl methyl sites for hydroxylation is 1. The molecule has 0 spiro atoms. The van der Waals surface area contributed by atoms with Gasteiger partial charge in [0.2, 0.25) is 0 Å². The van der Waals surface area contributed by atoms with Crippen molar-refractivity contribution >= 4 is 22.4 Å². The molecule has 0 aliphatic carbocycles. The average molecular weight is 243 g/mol. The first-order valence-corrected chi connectivity index (χ1v) is 6.02. The summed E-state index contributed by atoms with van der Waals surface area (Å²) in [6.45, 7) is 1.87. The van der Waals surface area contributed by atoms with E-state index in [1.54, 1.807) is 16.3 Å². The lowest BCUT2D eigenvalue weighted by atomic mass is 10.3. The molecule has 0 saturated heterocycles. The molecule has 3 aromatic rings. The molecule has 0 radical (unpaired) electrons. The Balaban J connectivity index is 2.35. The highest BCUT2D eigenvalue weighted by atomic mass is 32.1. The normalized spacial score (nSPS) is 10.9. The van der Waals surface area contributed by atoms with Crippen molar-refractivity contribution in [3.8, 4) is 5.82 Å². The van der Waals surface area contributed by atoms with Crippen LogP contribution in [0.1, 0.15) is 5.69 Å². The van der Waals surface area contributed by atoms with E-state index in [0.717, 1.165) is 28.1 Å². The molecule has 0 fully saturated rings. The lowest BCUT2D eigenvalue weighted by Crippen LogP contribution is -2.10. The van der Waals surface area contributed by atoms with Crippen LogP contribution in [0.2, 0.25) is 0 Å². The smallest absolute Gasteiger partial charge is 0.275 e. The number of hydrogen-bond acceptors (Lipinski definition) is 4. The van der Waals surface area contributed by atoms with Gasteiger partial charge in [0.1, 0.15) is 6.33 Å². The first-order chi connectivity index (χ1) is 8.25. The zero-order chi connectivity index (χ0) is 11.8. The summed E-state index contributed by atoms with van der Waals surface area (Å²) in [6, 6.07) is 7.68. The van der Waals surface area contributed by atoms with Gasteiger partial charge in [-0.25, -0.2) is 9.97 Å². The van der Waals surface area contributed by atoms with Gasteiger partial charge in [0.15, 0.2) is 5.82 Å². The van der Waals surface area contributed by atoms with E-state index in [2.05, 4.69) is 9.97 Å². The molecule has 5 heteroatoms. The highest BCUT2D eigenvalue weighted by Gasteiger charge is 2.08. The number of nitrogens with zero attached hydrogens (tertiary/aromatic N) is 3. The van der Waals surface area contributed by atoms with Gasteiger partial charge in [0.05, 0.1) is 11.0 Å². The summed E-state index contributed by atoms with van der Waals surface area (Å²) < 4.78 is 1.68. The molecule has 1 aromatic carbocycles. The Kier molecular flexibility index (Phi) is 2.26. The van der Waals surface area contributed by atoms with E-state index >= 15 is 0 Å². The highest BCUT2D eigenvalue weighted by molar-refractivity contribution is 7.07. The molecule has 2 heterocycles. The maximum Gasteiger partial charge on any atom is 0.275 e. The van der Waals surface area contributed by atoms with E-state index in [-0.39, 0.29) is 4.74 Å². The second kappa shape index (κ2) is 3.78. The summed E-state index contributed by atoms with van der Waals surface area (Å²) in [7, 11) is 0. The van der Waals surface area contributed by atoms with Gasteiger partial charge in [-0.1, -0.05) is 23.5 Å². The topological polar surface area (TPSA) is 47.8 Å². The van der Waals surface area contributed by atoms with Gasteiger partial charge in [0.25, 0.3) is 4.74 Å². The molecule has 17 heavy (non-hydrogen) atoms. The minimum atomic E-state index is -0.0567. The summed E-state index contributed by atoms with van der Waals surface area (Å²) in [4.78, 5) is 20.4. The Morgan fingerprint density at radius 1 is 1.29 bits per heavy atom. The van der Waals surface area contributed by atoms with Crippen molar-refractivity contribution in [2.75, 3.05) is 0 Å². The quantitative estimate of drug-likeness (QED) is 0.658. The van der Waals surface area contributed by atoms with Crippen LogP contribution in [0.25, 0.3) is 16.9 Å². The van der Waals surface area contributed by atoms with Crippen LogP contribution in [-0.4, -0.2) is 14.5 Å². The lowest BCUT2D eigenvalue weighted by molar-refractivity contribution is 1.00. The molecular formula is C12H9N3OS. The summed E-state index contributed by atoms with van der Waals surface area (Å²) >= 11 is 1.16. The Hall–Kier alpha value is -2.01. The number of hydrogen-bond donors (Lipinski definition) is 0. The molecule has 0 amide bonds. The molecule has 4 nitrogen and oxygen atoms in total. The Bertz CT molecular complexity index is 745. The summed E-state index contributed by atoms with van der Waals surface area (Å²) in [5, 5.41) is 1.75. The fourth-order valence-corrected chi connectivity index (χ4v) is 2.29. The molecule has 0 saturated carbocycles. The van der Waals surface area contributed by atoms with Crippen molar-refractivity contribution in [2.45, 2.75) is 6.92 Å². The fraction of sp³-hybridized carbons (Fsp3) is 0.0833. The van der Waals surface area contributed by atoms with Crippen LogP contribution in [-0.2, 0) is 0 Å². The molecule has 0 N–H and O–H groups in total. The van der Waals surface area contributed by atoms with Crippen molar-refractivity contribution in [2.24, 2.45) is 0 Å². The Morgan fingerprint density at radius 3 is 3.00 bits per heavy atom. The van der Waals surface area contributed by atoms with Gasteiger partial charge in [-0.15, -0.1) is 0 Å². The minimum absolute atomic E-state index is 0.0567. The lowest BCUT2D eigenvalue weighted by Gasteiger charge is -2.01. The molecular weight excluding hydrogens is 234 g/mol. The van der Waals surface area contributed by atoms with Gasteiger partial charge in [-0.2, -0.15) is 0 Å². The van der Waals surface area contributed by atoms with Gasteiger partial charge < -0.3 is 0 Å². The fourth-order valence-electron chi connectivity index (χ4n) is 1.71. The third-order valence-electron chi connectivity index (χ3n) is 2.48. The van der Waals surface area contributed by atoms with E-state index < -0.39 is 0 Å². The molecule has 0 atom stereocenters. The third-order valence-corrected chi connectivity index (χ3v) is 3.34. The first-order valence-electron chi connectivity index (χ1n) is 5.14. The summed E-state index contributed by atoms with van der Waals surface area (Å²) in [5.74, 6) is 0.420. The average Bonchev–Trinajstić information content (AvgIpc) is 2.76. The number of fused-ring (bicyclic) bond motifs is 1. The van der Waals surface area contributed by atoms with Gasteiger partial charge in [0, 0.05) is 11.1 Å². The summed E-state index contributed by atoms with van der Waals surface area (Å²) in [5.41, 5.74) is 2.59. The van der Waals surface area contributed by atoms with Crippen LogP contribution < -0.4 is 4.74 Å². The van der Waals surface area contributed by atoms with Gasteiger partial charge >= 0.3 is 0 Å².